The van der Waals surface area contributed by atoms with Crippen LogP contribution in [0.1, 0.15) is 38.5 Å². The van der Waals surface area contributed by atoms with Gasteiger partial charge in [0.2, 0.25) is 5.91 Å². The lowest BCUT2D eigenvalue weighted by Gasteiger charge is -2.34. The van der Waals surface area contributed by atoms with Crippen LogP contribution in [0, 0.1) is 11.8 Å². The highest BCUT2D eigenvalue weighted by atomic mass is 32.1. The standard InChI is InChI=1S/C14H26N2OS/c17-14(11-18)15-8-13-6-3-7-16(10-13)9-12-4-1-2-5-12/h12-13,18H,1-11H2,(H,15,17). The van der Waals surface area contributed by atoms with E-state index in [0.717, 1.165) is 12.5 Å². The van der Waals surface area contributed by atoms with Crippen molar-refractivity contribution in [3.8, 4) is 0 Å². The van der Waals surface area contributed by atoms with Crippen LogP contribution in [-0.2, 0) is 4.79 Å². The summed E-state index contributed by atoms with van der Waals surface area (Å²) in [5, 5.41) is 2.97. The molecule has 0 bridgehead atoms. The molecule has 0 aromatic carbocycles. The smallest absolute Gasteiger partial charge is 0.229 e. The summed E-state index contributed by atoms with van der Waals surface area (Å²) in [4.78, 5) is 13.8. The zero-order chi connectivity index (χ0) is 12.8. The number of amides is 1. The van der Waals surface area contributed by atoms with E-state index in [-0.39, 0.29) is 5.91 Å². The van der Waals surface area contributed by atoms with Crippen molar-refractivity contribution in [3.05, 3.63) is 0 Å². The Morgan fingerprint density at radius 3 is 2.61 bits per heavy atom. The van der Waals surface area contributed by atoms with Crippen LogP contribution in [0.3, 0.4) is 0 Å². The molecule has 18 heavy (non-hydrogen) atoms. The van der Waals surface area contributed by atoms with Gasteiger partial charge in [-0.3, -0.25) is 4.79 Å². The summed E-state index contributed by atoms with van der Waals surface area (Å²) in [7, 11) is 0. The third kappa shape index (κ3) is 4.47. The Morgan fingerprint density at radius 1 is 1.17 bits per heavy atom. The molecule has 0 aromatic heterocycles. The molecule has 4 heteroatoms. The first kappa shape index (κ1) is 14.2. The highest BCUT2D eigenvalue weighted by Gasteiger charge is 2.24. The SMILES string of the molecule is O=C(CS)NCC1CCCN(CC2CCCC2)C1. The van der Waals surface area contributed by atoms with E-state index in [0.29, 0.717) is 11.7 Å². The van der Waals surface area contributed by atoms with Crippen molar-refractivity contribution in [1.29, 1.82) is 0 Å². The number of nitrogens with zero attached hydrogens (tertiary/aromatic N) is 1. The van der Waals surface area contributed by atoms with Crippen LogP contribution in [0.4, 0.5) is 0 Å². The van der Waals surface area contributed by atoms with Crippen molar-refractivity contribution in [3.63, 3.8) is 0 Å². The Kier molecular flexibility index (Phi) is 5.83. The van der Waals surface area contributed by atoms with Crippen LogP contribution >= 0.6 is 12.6 Å². The summed E-state index contributed by atoms with van der Waals surface area (Å²) in [6, 6.07) is 0. The molecule has 2 aliphatic rings. The minimum atomic E-state index is 0.0613. The van der Waals surface area contributed by atoms with Crippen LogP contribution in [0.15, 0.2) is 0 Å². The van der Waals surface area contributed by atoms with E-state index < -0.39 is 0 Å². The van der Waals surface area contributed by atoms with Gasteiger partial charge in [-0.1, -0.05) is 12.8 Å². The van der Waals surface area contributed by atoms with Crippen LogP contribution in [0.25, 0.3) is 0 Å². The Bertz CT molecular complexity index is 267. The number of thiol groups is 1. The minimum absolute atomic E-state index is 0.0613. The normalized spacial score (nSPS) is 26.4. The van der Waals surface area contributed by atoms with Gasteiger partial charge >= 0.3 is 0 Å². The van der Waals surface area contributed by atoms with Crippen LogP contribution in [0.2, 0.25) is 0 Å². The number of rotatable bonds is 5. The first-order valence-electron chi connectivity index (χ1n) is 7.38. The summed E-state index contributed by atoms with van der Waals surface area (Å²) < 4.78 is 0. The fourth-order valence-electron chi connectivity index (χ4n) is 3.36. The predicted molar refractivity (Wildman–Crippen MR) is 78.0 cm³/mol. The fraction of sp³-hybridized carbons (Fsp3) is 0.929. The molecule has 1 aliphatic heterocycles. The van der Waals surface area contributed by atoms with Gasteiger partial charge in [0, 0.05) is 19.6 Å². The number of nitrogens with one attached hydrogen (secondary N) is 1. The molecular weight excluding hydrogens is 244 g/mol. The van der Waals surface area contributed by atoms with E-state index in [1.807, 2.05) is 0 Å². The maximum Gasteiger partial charge on any atom is 0.229 e. The van der Waals surface area contributed by atoms with Gasteiger partial charge in [0.1, 0.15) is 0 Å². The molecular formula is C14H26N2OS. The number of carbonyl (C=O) groups is 1. The van der Waals surface area contributed by atoms with E-state index in [1.54, 1.807) is 0 Å². The molecule has 2 rings (SSSR count). The Morgan fingerprint density at radius 2 is 1.89 bits per heavy atom. The van der Waals surface area contributed by atoms with Crippen LogP contribution in [-0.4, -0.2) is 42.7 Å². The van der Waals surface area contributed by atoms with Gasteiger partial charge in [0.05, 0.1) is 5.75 Å². The van der Waals surface area contributed by atoms with Gasteiger partial charge in [0.15, 0.2) is 0 Å². The molecule has 2 fully saturated rings. The fourth-order valence-corrected chi connectivity index (χ4v) is 3.47. The number of likely N-dealkylation sites (tertiary alicyclic amines) is 1. The molecule has 1 saturated carbocycles. The largest absolute Gasteiger partial charge is 0.355 e. The molecule has 1 atom stereocenters. The van der Waals surface area contributed by atoms with E-state index in [9.17, 15) is 4.79 Å². The second kappa shape index (κ2) is 7.39. The quantitative estimate of drug-likeness (QED) is 0.748. The lowest BCUT2D eigenvalue weighted by Crippen LogP contribution is -2.42. The van der Waals surface area contributed by atoms with Crippen molar-refractivity contribution in [2.75, 3.05) is 31.9 Å². The summed E-state index contributed by atoms with van der Waals surface area (Å²) in [6.45, 7) is 4.55. The average Bonchev–Trinajstić information content (AvgIpc) is 2.89. The van der Waals surface area contributed by atoms with E-state index >= 15 is 0 Å². The van der Waals surface area contributed by atoms with Crippen molar-refractivity contribution < 1.29 is 4.79 Å². The first-order valence-corrected chi connectivity index (χ1v) is 8.01. The van der Waals surface area contributed by atoms with Crippen molar-refractivity contribution in [1.82, 2.24) is 10.2 Å². The van der Waals surface area contributed by atoms with Gasteiger partial charge in [-0.2, -0.15) is 12.6 Å². The third-order valence-electron chi connectivity index (χ3n) is 4.33. The lowest BCUT2D eigenvalue weighted by atomic mass is 9.96. The second-order valence-corrected chi connectivity index (χ2v) is 6.20. The maximum atomic E-state index is 11.2. The van der Waals surface area contributed by atoms with E-state index in [2.05, 4.69) is 22.8 Å². The molecule has 1 unspecified atom stereocenters. The van der Waals surface area contributed by atoms with E-state index in [4.69, 9.17) is 0 Å². The average molecular weight is 270 g/mol. The zero-order valence-electron chi connectivity index (χ0n) is 11.2. The molecule has 0 spiro atoms. The summed E-state index contributed by atoms with van der Waals surface area (Å²) >= 11 is 3.99. The summed E-state index contributed by atoms with van der Waals surface area (Å²) in [6.07, 6.45) is 8.26. The first-order chi connectivity index (χ1) is 8.78. The van der Waals surface area contributed by atoms with Gasteiger partial charge in [-0.25, -0.2) is 0 Å². The molecule has 1 heterocycles. The van der Waals surface area contributed by atoms with Crippen molar-refractivity contribution in [2.45, 2.75) is 38.5 Å². The van der Waals surface area contributed by atoms with Crippen LogP contribution in [0.5, 0.6) is 0 Å². The molecule has 1 aliphatic carbocycles. The molecule has 0 aromatic rings. The number of piperidine rings is 1. The number of carbonyl (C=O) groups excluding carboxylic acids is 1. The van der Waals surface area contributed by atoms with Gasteiger partial charge in [-0.15, -0.1) is 0 Å². The molecule has 3 nitrogen and oxygen atoms in total. The Balaban J connectivity index is 1.68. The molecule has 104 valence electrons. The van der Waals surface area contributed by atoms with Crippen molar-refractivity contribution >= 4 is 18.5 Å². The zero-order valence-corrected chi connectivity index (χ0v) is 12.1. The lowest BCUT2D eigenvalue weighted by molar-refractivity contribution is -0.118. The maximum absolute atomic E-state index is 11.2. The highest BCUT2D eigenvalue weighted by molar-refractivity contribution is 7.81. The van der Waals surface area contributed by atoms with E-state index in [1.165, 1.54) is 58.2 Å². The third-order valence-corrected chi connectivity index (χ3v) is 4.61. The molecule has 0 radical (unpaired) electrons. The topological polar surface area (TPSA) is 32.3 Å². The Labute approximate surface area is 116 Å². The highest BCUT2D eigenvalue weighted by Crippen LogP contribution is 2.27. The predicted octanol–water partition coefficient (Wildman–Crippen LogP) is 1.93. The minimum Gasteiger partial charge on any atom is -0.355 e. The number of hydrogen-bond donors (Lipinski definition) is 2. The molecule has 1 saturated heterocycles. The van der Waals surface area contributed by atoms with Crippen molar-refractivity contribution in [2.24, 2.45) is 11.8 Å². The molecule has 1 N–H and O–H groups in total. The van der Waals surface area contributed by atoms with Gasteiger partial charge in [0.25, 0.3) is 0 Å². The monoisotopic (exact) mass is 270 g/mol. The Hall–Kier alpha value is -0.220. The summed E-state index contributed by atoms with van der Waals surface area (Å²) in [5.41, 5.74) is 0. The van der Waals surface area contributed by atoms with Gasteiger partial charge < -0.3 is 10.2 Å². The second-order valence-electron chi connectivity index (χ2n) is 5.88. The van der Waals surface area contributed by atoms with Gasteiger partial charge in [-0.05, 0) is 44.1 Å². The number of hydrogen-bond acceptors (Lipinski definition) is 3. The summed E-state index contributed by atoms with van der Waals surface area (Å²) in [5.74, 6) is 1.95. The molecule has 1 amide bonds. The van der Waals surface area contributed by atoms with Crippen LogP contribution < -0.4 is 5.32 Å².